The molecule has 35 heavy (non-hydrogen) atoms. The molecular weight excluding hydrogens is 473 g/mol. The Bertz CT molecular complexity index is 799. The molecule has 1 fully saturated rings. The number of carbonyl (C=O) groups is 4. The van der Waals surface area contributed by atoms with Gasteiger partial charge in [-0.1, -0.05) is 13.8 Å². The molecule has 0 aromatic carbocycles. The Kier molecular flexibility index (Phi) is 10.1. The van der Waals surface area contributed by atoms with Crippen LogP contribution in [0.15, 0.2) is 0 Å². The van der Waals surface area contributed by atoms with Crippen LogP contribution in [-0.2, 0) is 19.1 Å². The minimum Gasteiger partial charge on any atom is -0.444 e. The highest BCUT2D eigenvalue weighted by Gasteiger charge is 2.56. The molecule has 1 rings (SSSR count). The molecule has 0 saturated carbocycles. The molecule has 0 spiro atoms. The van der Waals surface area contributed by atoms with E-state index in [2.05, 4.69) is 5.32 Å². The SMILES string of the molecule is CC(C)CC(O)(NC(=O)[C@@H]1CCCN1C(=O)[C@@H](N)CC(=O)[C@H](C)NC(=O)OC(C)(C)C)C(F)(F)F. The molecule has 0 bridgehead atoms. The summed E-state index contributed by atoms with van der Waals surface area (Å²) in [6.07, 6.45) is -6.78. The number of rotatable bonds is 9. The van der Waals surface area contributed by atoms with Crippen LogP contribution in [0.2, 0.25) is 0 Å². The van der Waals surface area contributed by atoms with E-state index >= 15 is 0 Å². The molecular formula is C22H37F3N4O6. The first kappa shape index (κ1) is 30.6. The van der Waals surface area contributed by atoms with Crippen LogP contribution >= 0.6 is 0 Å². The first-order valence-corrected chi connectivity index (χ1v) is 11.5. The second-order valence-electron chi connectivity index (χ2n) is 10.3. The monoisotopic (exact) mass is 510 g/mol. The van der Waals surface area contributed by atoms with Crippen molar-refractivity contribution in [2.75, 3.05) is 6.54 Å². The van der Waals surface area contributed by atoms with E-state index in [0.29, 0.717) is 6.42 Å². The van der Waals surface area contributed by atoms with E-state index in [1.54, 1.807) is 26.1 Å². The summed E-state index contributed by atoms with van der Waals surface area (Å²) in [6.45, 7) is 9.31. The number of amides is 3. The van der Waals surface area contributed by atoms with Crippen molar-refractivity contribution in [2.24, 2.45) is 11.7 Å². The van der Waals surface area contributed by atoms with Gasteiger partial charge >= 0.3 is 12.3 Å². The molecule has 1 aliphatic heterocycles. The largest absolute Gasteiger partial charge is 0.444 e. The smallest absolute Gasteiger partial charge is 0.436 e. The summed E-state index contributed by atoms with van der Waals surface area (Å²) in [7, 11) is 0. The van der Waals surface area contributed by atoms with Gasteiger partial charge in [-0.05, 0) is 46.5 Å². The number of hydrogen-bond acceptors (Lipinski definition) is 7. The van der Waals surface area contributed by atoms with E-state index in [9.17, 15) is 37.5 Å². The number of nitrogens with zero attached hydrogens (tertiary/aromatic N) is 1. The molecule has 5 N–H and O–H groups in total. The molecule has 1 unspecified atom stereocenters. The fraction of sp³-hybridized carbons (Fsp3) is 0.818. The van der Waals surface area contributed by atoms with Crippen molar-refractivity contribution in [3.8, 4) is 0 Å². The Morgan fingerprint density at radius 1 is 1.14 bits per heavy atom. The number of nitrogens with two attached hydrogens (primary N) is 1. The van der Waals surface area contributed by atoms with E-state index in [1.807, 2.05) is 0 Å². The van der Waals surface area contributed by atoms with Crippen molar-refractivity contribution in [3.05, 3.63) is 0 Å². The predicted molar refractivity (Wildman–Crippen MR) is 120 cm³/mol. The van der Waals surface area contributed by atoms with Gasteiger partial charge in [0.1, 0.15) is 11.6 Å². The van der Waals surface area contributed by atoms with Crippen LogP contribution in [0.5, 0.6) is 0 Å². The van der Waals surface area contributed by atoms with E-state index in [0.717, 1.165) is 4.90 Å². The minimum atomic E-state index is -5.12. The van der Waals surface area contributed by atoms with Gasteiger partial charge < -0.3 is 31.1 Å². The van der Waals surface area contributed by atoms with Gasteiger partial charge in [-0.25, -0.2) is 4.79 Å². The number of ether oxygens (including phenoxy) is 1. The van der Waals surface area contributed by atoms with Crippen LogP contribution in [0, 0.1) is 5.92 Å². The number of ketones is 1. The summed E-state index contributed by atoms with van der Waals surface area (Å²) in [5, 5.41) is 14.1. The number of likely N-dealkylation sites (tertiary alicyclic amines) is 1. The number of alkyl halides is 3. The number of halogens is 3. The highest BCUT2D eigenvalue weighted by Crippen LogP contribution is 2.34. The standard InChI is InChI=1S/C22H37F3N4O6/c1-12(2)11-21(34,22(23,24)25)28-17(31)15-8-7-9-29(15)18(32)14(26)10-16(30)13(3)27-19(33)35-20(4,5)6/h12-15,34H,7-11,26H2,1-6H3,(H,27,33)(H,28,31)/t13-,14-,15-,21?/m0/s1. The number of aliphatic hydroxyl groups is 1. The van der Waals surface area contributed by atoms with Gasteiger partial charge in [0, 0.05) is 19.4 Å². The normalized spacial score (nSPS) is 20.1. The lowest BCUT2D eigenvalue weighted by molar-refractivity contribution is -0.276. The molecule has 10 nitrogen and oxygen atoms in total. The van der Waals surface area contributed by atoms with Crippen LogP contribution in [-0.4, -0.2) is 75.9 Å². The lowest BCUT2D eigenvalue weighted by atomic mass is 9.98. The fourth-order valence-electron chi connectivity index (χ4n) is 3.68. The molecule has 0 aromatic heterocycles. The third-order valence-electron chi connectivity index (χ3n) is 5.30. The Hall–Kier alpha value is -2.41. The average molecular weight is 511 g/mol. The van der Waals surface area contributed by atoms with Crippen LogP contribution < -0.4 is 16.4 Å². The topological polar surface area (TPSA) is 151 Å². The third kappa shape index (κ3) is 8.95. The Morgan fingerprint density at radius 3 is 2.20 bits per heavy atom. The Balaban J connectivity index is 2.83. The summed E-state index contributed by atoms with van der Waals surface area (Å²) in [5.41, 5.74) is 1.65. The van der Waals surface area contributed by atoms with E-state index in [4.69, 9.17) is 10.5 Å². The average Bonchev–Trinajstić information content (AvgIpc) is 3.13. The summed E-state index contributed by atoms with van der Waals surface area (Å²) >= 11 is 0. The van der Waals surface area contributed by atoms with E-state index in [1.165, 1.54) is 20.8 Å². The molecule has 0 aromatic rings. The third-order valence-corrected chi connectivity index (χ3v) is 5.30. The van der Waals surface area contributed by atoms with Gasteiger partial charge in [0.15, 0.2) is 5.78 Å². The first-order chi connectivity index (χ1) is 15.8. The number of nitrogens with one attached hydrogen (secondary N) is 2. The zero-order chi connectivity index (χ0) is 27.4. The molecule has 0 radical (unpaired) electrons. The first-order valence-electron chi connectivity index (χ1n) is 11.5. The molecule has 0 aliphatic carbocycles. The van der Waals surface area contributed by atoms with Crippen LogP contribution in [0.1, 0.15) is 67.2 Å². The summed E-state index contributed by atoms with van der Waals surface area (Å²) < 4.78 is 45.4. The van der Waals surface area contributed by atoms with Crippen molar-refractivity contribution in [1.29, 1.82) is 0 Å². The van der Waals surface area contributed by atoms with Gasteiger partial charge in [-0.2, -0.15) is 13.2 Å². The Morgan fingerprint density at radius 2 is 1.71 bits per heavy atom. The van der Waals surface area contributed by atoms with Crippen LogP contribution in [0.3, 0.4) is 0 Å². The molecule has 202 valence electrons. The van der Waals surface area contributed by atoms with Gasteiger partial charge in [0.25, 0.3) is 0 Å². The highest BCUT2D eigenvalue weighted by molar-refractivity contribution is 5.95. The maximum Gasteiger partial charge on any atom is 0.436 e. The molecule has 3 amide bonds. The van der Waals surface area contributed by atoms with E-state index in [-0.39, 0.29) is 13.0 Å². The molecule has 1 aliphatic rings. The van der Waals surface area contributed by atoms with Crippen molar-refractivity contribution in [3.63, 3.8) is 0 Å². The van der Waals surface area contributed by atoms with Crippen LogP contribution in [0.25, 0.3) is 0 Å². The Labute approximate surface area is 203 Å². The summed E-state index contributed by atoms with van der Waals surface area (Å²) in [4.78, 5) is 50.8. The van der Waals surface area contributed by atoms with Gasteiger partial charge in [0.2, 0.25) is 17.5 Å². The molecule has 4 atom stereocenters. The molecule has 1 heterocycles. The number of Topliss-reactive ketones (excluding diaryl/α,β-unsaturated/α-hetero) is 1. The number of alkyl carbamates (subject to hydrolysis) is 1. The van der Waals surface area contributed by atoms with Gasteiger partial charge in [-0.3, -0.25) is 14.4 Å². The second-order valence-corrected chi connectivity index (χ2v) is 10.3. The number of hydrogen-bond donors (Lipinski definition) is 4. The predicted octanol–water partition coefficient (Wildman–Crippen LogP) is 1.59. The van der Waals surface area contributed by atoms with Crippen LogP contribution in [0.4, 0.5) is 18.0 Å². The van der Waals surface area contributed by atoms with Gasteiger partial charge in [-0.15, -0.1) is 0 Å². The maximum absolute atomic E-state index is 13.5. The van der Waals surface area contributed by atoms with Crippen molar-refractivity contribution >= 4 is 23.7 Å². The highest BCUT2D eigenvalue weighted by atomic mass is 19.4. The van der Waals surface area contributed by atoms with Crippen molar-refractivity contribution in [2.45, 2.75) is 103 Å². The van der Waals surface area contributed by atoms with Gasteiger partial charge in [0.05, 0.1) is 12.1 Å². The molecule has 13 heteroatoms. The zero-order valence-corrected chi connectivity index (χ0v) is 21.0. The summed E-state index contributed by atoms with van der Waals surface area (Å²) in [5.74, 6) is -3.10. The zero-order valence-electron chi connectivity index (χ0n) is 21.0. The fourth-order valence-corrected chi connectivity index (χ4v) is 3.68. The van der Waals surface area contributed by atoms with E-state index < -0.39 is 78.1 Å². The summed E-state index contributed by atoms with van der Waals surface area (Å²) in [6, 6.07) is -3.67. The molecule has 1 saturated heterocycles. The minimum absolute atomic E-state index is 0.0547. The lowest BCUT2D eigenvalue weighted by Crippen LogP contribution is -2.63. The lowest BCUT2D eigenvalue weighted by Gasteiger charge is -2.35. The maximum atomic E-state index is 13.5. The second kappa shape index (κ2) is 11.5. The van der Waals surface area contributed by atoms with Crippen molar-refractivity contribution in [1.82, 2.24) is 15.5 Å². The van der Waals surface area contributed by atoms with Crippen molar-refractivity contribution < 1.29 is 42.2 Å². The quantitative estimate of drug-likeness (QED) is 0.344. The number of carbonyl (C=O) groups excluding carboxylic acids is 4.